The lowest BCUT2D eigenvalue weighted by molar-refractivity contribution is -0.137. The molecule has 0 radical (unpaired) electrons. The van der Waals surface area contributed by atoms with Crippen LogP contribution < -0.4 is 0 Å². The van der Waals surface area contributed by atoms with Gasteiger partial charge in [-0.25, -0.2) is 9.59 Å². The Bertz CT molecular complexity index is 1170. The van der Waals surface area contributed by atoms with Gasteiger partial charge in [0.1, 0.15) is 11.6 Å². The van der Waals surface area contributed by atoms with Crippen LogP contribution in [0.1, 0.15) is 52.5 Å². The summed E-state index contributed by atoms with van der Waals surface area (Å²) in [5.74, 6) is -0.751. The SMILES string of the molecule is CCOC(=O)C=CN(C(=O)C1CC(OCc2ccc3ccccc3c2)CN1C(=O)OC(C)(C)C)C1CC1. The molecular formula is C29H36N2O6. The van der Waals surface area contributed by atoms with Crippen molar-refractivity contribution in [1.29, 1.82) is 0 Å². The fraction of sp³-hybridized carbons (Fsp3) is 0.483. The topological polar surface area (TPSA) is 85.4 Å². The molecule has 2 aromatic rings. The molecule has 198 valence electrons. The summed E-state index contributed by atoms with van der Waals surface area (Å²) in [5, 5.41) is 2.29. The number of likely N-dealkylation sites (tertiary alicyclic amines) is 1. The molecule has 4 rings (SSSR count). The van der Waals surface area contributed by atoms with Crippen molar-refractivity contribution in [1.82, 2.24) is 9.80 Å². The van der Waals surface area contributed by atoms with E-state index in [-0.39, 0.29) is 31.2 Å². The second-order valence-corrected chi connectivity index (χ2v) is 10.5. The van der Waals surface area contributed by atoms with Gasteiger partial charge in [-0.1, -0.05) is 36.4 Å². The molecule has 0 bridgehead atoms. The molecular weight excluding hydrogens is 472 g/mol. The zero-order valence-corrected chi connectivity index (χ0v) is 22.0. The highest BCUT2D eigenvalue weighted by atomic mass is 16.6. The number of rotatable bonds is 8. The maximum absolute atomic E-state index is 13.7. The average molecular weight is 509 g/mol. The quantitative estimate of drug-likeness (QED) is 0.376. The fourth-order valence-corrected chi connectivity index (χ4v) is 4.45. The first-order valence-corrected chi connectivity index (χ1v) is 12.9. The van der Waals surface area contributed by atoms with E-state index >= 15 is 0 Å². The highest BCUT2D eigenvalue weighted by Gasteiger charge is 2.45. The lowest BCUT2D eigenvalue weighted by Crippen LogP contribution is -2.48. The first kappa shape index (κ1) is 26.7. The van der Waals surface area contributed by atoms with E-state index in [9.17, 15) is 14.4 Å². The van der Waals surface area contributed by atoms with Gasteiger partial charge in [-0.15, -0.1) is 0 Å². The third-order valence-electron chi connectivity index (χ3n) is 6.33. The molecule has 2 unspecified atom stereocenters. The number of hydrogen-bond acceptors (Lipinski definition) is 6. The molecule has 0 N–H and O–H groups in total. The molecule has 0 spiro atoms. The number of esters is 1. The second kappa shape index (κ2) is 11.3. The Labute approximate surface area is 218 Å². The third-order valence-corrected chi connectivity index (χ3v) is 6.33. The van der Waals surface area contributed by atoms with Gasteiger partial charge in [0.2, 0.25) is 5.91 Å². The van der Waals surface area contributed by atoms with E-state index in [4.69, 9.17) is 14.2 Å². The molecule has 2 amide bonds. The fourth-order valence-electron chi connectivity index (χ4n) is 4.45. The number of ether oxygens (including phenoxy) is 3. The van der Waals surface area contributed by atoms with Crippen molar-refractivity contribution in [3.63, 3.8) is 0 Å². The van der Waals surface area contributed by atoms with Crippen LogP contribution in [-0.4, -0.2) is 64.7 Å². The van der Waals surface area contributed by atoms with Gasteiger partial charge in [0.25, 0.3) is 0 Å². The van der Waals surface area contributed by atoms with Crippen molar-refractivity contribution in [3.05, 3.63) is 60.3 Å². The van der Waals surface area contributed by atoms with Crippen LogP contribution in [0, 0.1) is 0 Å². The molecule has 1 heterocycles. The minimum atomic E-state index is -0.746. The zero-order chi connectivity index (χ0) is 26.6. The molecule has 1 saturated carbocycles. The first-order chi connectivity index (χ1) is 17.6. The highest BCUT2D eigenvalue weighted by Crippen LogP contribution is 2.32. The Balaban J connectivity index is 1.49. The third kappa shape index (κ3) is 7.10. The number of nitrogens with zero attached hydrogens (tertiary/aromatic N) is 2. The smallest absolute Gasteiger partial charge is 0.411 e. The van der Waals surface area contributed by atoms with Crippen molar-refractivity contribution < 1.29 is 28.6 Å². The van der Waals surface area contributed by atoms with Gasteiger partial charge in [0.05, 0.1) is 25.9 Å². The summed E-state index contributed by atoms with van der Waals surface area (Å²) in [6.45, 7) is 7.99. The summed E-state index contributed by atoms with van der Waals surface area (Å²) >= 11 is 0. The lowest BCUT2D eigenvalue weighted by Gasteiger charge is -2.30. The molecule has 2 fully saturated rings. The van der Waals surface area contributed by atoms with Gasteiger partial charge in [-0.05, 0) is 62.9 Å². The predicted octanol–water partition coefficient (Wildman–Crippen LogP) is 4.80. The predicted molar refractivity (Wildman–Crippen MR) is 140 cm³/mol. The molecule has 1 saturated heterocycles. The summed E-state index contributed by atoms with van der Waals surface area (Å²) in [4.78, 5) is 41.6. The highest BCUT2D eigenvalue weighted by molar-refractivity contribution is 5.89. The number of amides is 2. The van der Waals surface area contributed by atoms with E-state index < -0.39 is 23.7 Å². The molecule has 8 nitrogen and oxygen atoms in total. The Hall–Kier alpha value is -3.39. The molecule has 2 atom stereocenters. The van der Waals surface area contributed by atoms with Crippen molar-refractivity contribution in [3.8, 4) is 0 Å². The van der Waals surface area contributed by atoms with E-state index in [1.165, 1.54) is 17.2 Å². The zero-order valence-electron chi connectivity index (χ0n) is 22.0. The number of fused-ring (bicyclic) bond motifs is 1. The van der Waals surface area contributed by atoms with Crippen LogP contribution >= 0.6 is 0 Å². The normalized spacial score (nSPS) is 19.8. The number of benzene rings is 2. The monoisotopic (exact) mass is 508 g/mol. The van der Waals surface area contributed by atoms with Crippen LogP contribution in [0.15, 0.2) is 54.7 Å². The van der Waals surface area contributed by atoms with Gasteiger partial charge >= 0.3 is 12.1 Å². The van der Waals surface area contributed by atoms with Crippen LogP contribution in [0.2, 0.25) is 0 Å². The largest absolute Gasteiger partial charge is 0.463 e. The Morgan fingerprint density at radius 3 is 2.49 bits per heavy atom. The summed E-state index contributed by atoms with van der Waals surface area (Å²) in [6.07, 6.45) is 3.91. The maximum Gasteiger partial charge on any atom is 0.411 e. The van der Waals surface area contributed by atoms with Gasteiger partial charge in [-0.2, -0.15) is 0 Å². The summed E-state index contributed by atoms with van der Waals surface area (Å²) in [5.41, 5.74) is 0.323. The van der Waals surface area contributed by atoms with Crippen molar-refractivity contribution in [2.75, 3.05) is 13.2 Å². The first-order valence-electron chi connectivity index (χ1n) is 12.9. The van der Waals surface area contributed by atoms with Gasteiger partial charge in [-0.3, -0.25) is 9.69 Å². The van der Waals surface area contributed by atoms with Crippen LogP contribution in [0.25, 0.3) is 10.8 Å². The van der Waals surface area contributed by atoms with E-state index in [0.717, 1.165) is 29.2 Å². The van der Waals surface area contributed by atoms with Crippen molar-refractivity contribution in [2.24, 2.45) is 0 Å². The van der Waals surface area contributed by atoms with Gasteiger partial charge < -0.3 is 19.1 Å². The van der Waals surface area contributed by atoms with Crippen LogP contribution in [-0.2, 0) is 30.4 Å². The van der Waals surface area contributed by atoms with Crippen molar-refractivity contribution in [2.45, 2.75) is 77.4 Å². The average Bonchev–Trinajstić information content (AvgIpc) is 3.59. The van der Waals surface area contributed by atoms with E-state index in [2.05, 4.69) is 24.3 Å². The number of carbonyl (C=O) groups is 3. The van der Waals surface area contributed by atoms with Gasteiger partial charge in [0, 0.05) is 24.7 Å². The molecule has 0 aromatic heterocycles. The Kier molecular flexibility index (Phi) is 8.17. The van der Waals surface area contributed by atoms with E-state index in [0.29, 0.717) is 13.0 Å². The van der Waals surface area contributed by atoms with E-state index in [1.54, 1.807) is 32.6 Å². The molecule has 2 aliphatic rings. The second-order valence-electron chi connectivity index (χ2n) is 10.5. The summed E-state index contributed by atoms with van der Waals surface area (Å²) < 4.78 is 16.8. The maximum atomic E-state index is 13.7. The minimum absolute atomic E-state index is 0.0104. The van der Waals surface area contributed by atoms with Crippen LogP contribution in [0.3, 0.4) is 0 Å². The van der Waals surface area contributed by atoms with Crippen LogP contribution in [0.5, 0.6) is 0 Å². The summed E-state index contributed by atoms with van der Waals surface area (Å²) in [6, 6.07) is 13.6. The van der Waals surface area contributed by atoms with Crippen LogP contribution in [0.4, 0.5) is 4.79 Å². The summed E-state index contributed by atoms with van der Waals surface area (Å²) in [7, 11) is 0. The molecule has 1 aliphatic heterocycles. The standard InChI is InChI=1S/C29H36N2O6/c1-5-35-26(32)14-15-30(23-12-13-23)27(33)25-17-24(18-31(25)28(34)37-29(2,3)4)36-19-20-10-11-21-8-6-7-9-22(21)16-20/h6-11,14-16,23-25H,5,12-13,17-19H2,1-4H3. The Morgan fingerprint density at radius 1 is 1.08 bits per heavy atom. The lowest BCUT2D eigenvalue weighted by atomic mass is 10.1. The molecule has 1 aliphatic carbocycles. The van der Waals surface area contributed by atoms with Crippen molar-refractivity contribution >= 4 is 28.7 Å². The van der Waals surface area contributed by atoms with E-state index in [1.807, 2.05) is 18.2 Å². The number of carbonyl (C=O) groups excluding carboxylic acids is 3. The van der Waals surface area contributed by atoms with Gasteiger partial charge in [0.15, 0.2) is 0 Å². The minimum Gasteiger partial charge on any atom is -0.463 e. The molecule has 8 heteroatoms. The Morgan fingerprint density at radius 2 is 1.81 bits per heavy atom. The number of hydrogen-bond donors (Lipinski definition) is 0. The molecule has 37 heavy (non-hydrogen) atoms. The molecule has 2 aromatic carbocycles.